The van der Waals surface area contributed by atoms with Crippen LogP contribution >= 0.6 is 0 Å². The van der Waals surface area contributed by atoms with E-state index in [1.807, 2.05) is 43.1 Å². The van der Waals surface area contributed by atoms with E-state index < -0.39 is 70.2 Å². The Morgan fingerprint density at radius 1 is 1.00 bits per heavy atom. The van der Waals surface area contributed by atoms with Gasteiger partial charge in [-0.05, 0) is 80.0 Å². The van der Waals surface area contributed by atoms with E-state index in [1.165, 1.54) is 19.6 Å². The van der Waals surface area contributed by atoms with Crippen molar-refractivity contribution in [2.45, 2.75) is 87.5 Å². The van der Waals surface area contributed by atoms with Crippen molar-refractivity contribution in [2.24, 2.45) is 11.3 Å². The largest absolute Gasteiger partial charge is 0.496 e. The summed E-state index contributed by atoms with van der Waals surface area (Å²) in [6.45, 7) is 8.79. The van der Waals surface area contributed by atoms with E-state index in [4.69, 9.17) is 18.9 Å². The number of fused-ring (bicyclic) bond motifs is 6. The number of halogens is 2. The Hall–Kier alpha value is -5.77. The zero-order chi connectivity index (χ0) is 47.2. The molecule has 1 amide bonds. The van der Waals surface area contributed by atoms with Gasteiger partial charge < -0.3 is 39.3 Å². The number of aromatic amines is 1. The minimum Gasteiger partial charge on any atom is -0.496 e. The van der Waals surface area contributed by atoms with Crippen LogP contribution in [0.3, 0.4) is 0 Å². The Morgan fingerprint density at radius 3 is 2.54 bits per heavy atom. The van der Waals surface area contributed by atoms with Crippen molar-refractivity contribution >= 4 is 34.6 Å². The maximum absolute atomic E-state index is 15.4. The second-order valence-corrected chi connectivity index (χ2v) is 19.5. The summed E-state index contributed by atoms with van der Waals surface area (Å²) in [5, 5.41) is 17.6. The normalized spacial score (nSPS) is 31.6. The monoisotopic (exact) mass is 919 g/mol. The molecule has 1 aliphatic carbocycles. The molecular formula is C52H59F2N5O8. The molecule has 1 unspecified atom stereocenters. The molecule has 2 bridgehead atoms. The number of aliphatic hydroxyl groups is 1. The number of hydrogen-bond acceptors (Lipinski definition) is 11. The molecule has 2 fully saturated rings. The number of benzene rings is 3. The van der Waals surface area contributed by atoms with E-state index in [1.54, 1.807) is 7.11 Å². The molecule has 3 aromatic carbocycles. The Labute approximate surface area is 389 Å². The van der Waals surface area contributed by atoms with Crippen molar-refractivity contribution in [3.05, 3.63) is 112 Å². The number of rotatable bonds is 9. The number of nitrogens with zero attached hydrogens (tertiary/aromatic N) is 3. The molecule has 4 aromatic rings. The lowest BCUT2D eigenvalue weighted by molar-refractivity contribution is -0.216. The summed E-state index contributed by atoms with van der Waals surface area (Å²) < 4.78 is 52.2. The van der Waals surface area contributed by atoms with Gasteiger partial charge >= 0.3 is 18.0 Å². The summed E-state index contributed by atoms with van der Waals surface area (Å²) in [6, 6.07) is 13.9. The number of esters is 2. The maximum Gasteiger partial charge on any atom is 0.412 e. The zero-order valence-electron chi connectivity index (χ0n) is 38.9. The fraction of sp³-hybridized carbons (Fsp3) is 0.481. The van der Waals surface area contributed by atoms with Crippen LogP contribution in [0, 0.1) is 23.0 Å². The fourth-order valence-corrected chi connectivity index (χ4v) is 13.9. The summed E-state index contributed by atoms with van der Waals surface area (Å²) >= 11 is 0. The molecule has 67 heavy (non-hydrogen) atoms. The van der Waals surface area contributed by atoms with Crippen LogP contribution in [0.2, 0.25) is 0 Å². The number of carbonyl (C=O) groups is 3. The SMILES string of the molecule is CCC1=C[C@@H]2CN(CCc3c([nH]c4ccccc34)[C@@](C(=O)OC)(c3cc4c(cc3OC)N(C)[C@H]3[C@@](O)(CNC(=O)Oc5ccc(F)c(F)c5)[C@H](OC(C)=O)[C@]5(CC)C=CCN6CC[C@]43[C@@H]65)C2)C1. The molecule has 13 nitrogen and oxygen atoms in total. The number of para-hydroxylation sites is 1. The second-order valence-electron chi connectivity index (χ2n) is 19.5. The number of anilines is 1. The van der Waals surface area contributed by atoms with Crippen LogP contribution < -0.4 is 19.7 Å². The van der Waals surface area contributed by atoms with Crippen LogP contribution in [0.4, 0.5) is 19.3 Å². The quantitative estimate of drug-likeness (QED) is 0.122. The van der Waals surface area contributed by atoms with Gasteiger partial charge in [-0.3, -0.25) is 19.4 Å². The average molecular weight is 920 g/mol. The van der Waals surface area contributed by atoms with Gasteiger partial charge in [0.15, 0.2) is 11.6 Å². The van der Waals surface area contributed by atoms with Crippen LogP contribution in [0.1, 0.15) is 68.8 Å². The maximum atomic E-state index is 15.4. The lowest BCUT2D eigenvalue weighted by atomic mass is 9.47. The van der Waals surface area contributed by atoms with E-state index in [0.717, 1.165) is 77.7 Å². The van der Waals surface area contributed by atoms with Gasteiger partial charge in [0, 0.05) is 97.0 Å². The minimum absolute atomic E-state index is 0.0219. The highest BCUT2D eigenvalue weighted by molar-refractivity contribution is 5.94. The number of likely N-dealkylation sites (N-methyl/N-ethyl adjacent to an activating group) is 1. The van der Waals surface area contributed by atoms with Gasteiger partial charge in [0.25, 0.3) is 0 Å². The minimum atomic E-state index is -2.00. The standard InChI is InChI=1S/C52H59F2N5O8/c1-7-31-22-32-26-51(47(61)65-6,43-35(16-20-58(27-31)28-32)34-12-9-10-13-40(34)56-43)37-24-36-41(25-42(37)64-5)57(4)45-50(36)18-21-59-19-11-17-49(8-2,44(50)59)46(66-30(3)60)52(45,63)29-55-48(62)67-33-14-15-38(53)39(54)23-33/h9-15,17,22-25,32,44-46,56,63H,7-8,16,18-21,26-29H2,1-6H3,(H,55,62)/t32-,44-,45+,46+,49+,50+,51-,52-/m0/s1. The zero-order valence-corrected chi connectivity index (χ0v) is 38.9. The van der Waals surface area contributed by atoms with E-state index in [-0.39, 0.29) is 17.7 Å². The Kier molecular flexibility index (Phi) is 11.1. The number of amides is 1. The fourth-order valence-electron chi connectivity index (χ4n) is 13.9. The first-order chi connectivity index (χ1) is 32.2. The number of carbonyl (C=O) groups excluding carboxylic acids is 3. The van der Waals surface area contributed by atoms with Gasteiger partial charge in [-0.25, -0.2) is 13.6 Å². The third-order valence-corrected chi connectivity index (χ3v) is 16.3. The van der Waals surface area contributed by atoms with Gasteiger partial charge in [0.1, 0.15) is 28.6 Å². The van der Waals surface area contributed by atoms with E-state index in [2.05, 4.69) is 57.4 Å². The van der Waals surface area contributed by atoms with Crippen molar-refractivity contribution in [1.82, 2.24) is 20.1 Å². The molecular weight excluding hydrogens is 861 g/mol. The molecule has 9 atom stereocenters. The Bertz CT molecular complexity index is 2740. The van der Waals surface area contributed by atoms with Crippen LogP contribution in [0.5, 0.6) is 11.5 Å². The second kappa shape index (κ2) is 16.5. The van der Waals surface area contributed by atoms with Gasteiger partial charge in [-0.2, -0.15) is 0 Å². The highest BCUT2D eigenvalue weighted by Gasteiger charge is 2.78. The number of nitrogens with one attached hydrogen (secondary N) is 2. The molecule has 6 heterocycles. The van der Waals surface area contributed by atoms with Crippen molar-refractivity contribution in [3.8, 4) is 11.5 Å². The molecule has 1 saturated carbocycles. The first-order valence-corrected chi connectivity index (χ1v) is 23.5. The molecule has 1 aromatic heterocycles. The number of hydrogen-bond donors (Lipinski definition) is 3. The van der Waals surface area contributed by atoms with Gasteiger partial charge in [-0.15, -0.1) is 0 Å². The molecule has 6 aliphatic rings. The lowest BCUT2D eigenvalue weighted by Gasteiger charge is -2.64. The van der Waals surface area contributed by atoms with Crippen LogP contribution in [0.25, 0.3) is 10.9 Å². The number of ether oxygens (including phenoxy) is 4. The predicted octanol–water partition coefficient (Wildman–Crippen LogP) is 6.69. The van der Waals surface area contributed by atoms with Gasteiger partial charge in [0.05, 0.1) is 26.8 Å². The topological polar surface area (TPSA) is 146 Å². The lowest BCUT2D eigenvalue weighted by Crippen LogP contribution is -2.81. The number of aromatic nitrogens is 1. The highest BCUT2D eigenvalue weighted by Crippen LogP contribution is 2.68. The predicted molar refractivity (Wildman–Crippen MR) is 247 cm³/mol. The van der Waals surface area contributed by atoms with Crippen molar-refractivity contribution < 1.29 is 47.2 Å². The molecule has 1 saturated heterocycles. The third-order valence-electron chi connectivity index (χ3n) is 16.3. The highest BCUT2D eigenvalue weighted by atomic mass is 19.2. The van der Waals surface area contributed by atoms with Gasteiger partial charge in [0.2, 0.25) is 0 Å². The molecule has 1 spiro atoms. The third kappa shape index (κ3) is 6.58. The summed E-state index contributed by atoms with van der Waals surface area (Å²) in [6.07, 6.45) is 7.30. The molecule has 354 valence electrons. The smallest absolute Gasteiger partial charge is 0.412 e. The summed E-state index contributed by atoms with van der Waals surface area (Å²) in [7, 11) is 4.95. The number of methoxy groups -OCH3 is 2. The van der Waals surface area contributed by atoms with Crippen LogP contribution in [-0.4, -0.2) is 122 Å². The number of H-pyrrole nitrogens is 1. The van der Waals surface area contributed by atoms with E-state index in [0.29, 0.717) is 50.1 Å². The van der Waals surface area contributed by atoms with Crippen LogP contribution in [-0.2, 0) is 36.3 Å². The molecule has 3 N–H and O–H groups in total. The van der Waals surface area contributed by atoms with Gasteiger partial charge in [-0.1, -0.05) is 55.8 Å². The van der Waals surface area contributed by atoms with E-state index >= 15 is 4.79 Å². The van der Waals surface area contributed by atoms with Crippen molar-refractivity contribution in [2.75, 3.05) is 65.4 Å². The first kappa shape index (κ1) is 45.0. The van der Waals surface area contributed by atoms with Crippen LogP contribution in [0.15, 0.2) is 78.4 Å². The van der Waals surface area contributed by atoms with E-state index in [9.17, 15) is 23.5 Å². The summed E-state index contributed by atoms with van der Waals surface area (Å²) in [4.78, 5) is 53.1. The Morgan fingerprint density at radius 2 is 1.81 bits per heavy atom. The average Bonchev–Trinajstić information content (AvgIpc) is 3.99. The first-order valence-electron chi connectivity index (χ1n) is 23.5. The summed E-state index contributed by atoms with van der Waals surface area (Å²) in [5.41, 5.74) is 1.11. The molecule has 0 radical (unpaired) electrons. The van der Waals surface area contributed by atoms with Crippen molar-refractivity contribution in [3.63, 3.8) is 0 Å². The Balaban J connectivity index is 1.20. The summed E-state index contributed by atoms with van der Waals surface area (Å²) in [5.74, 6) is -3.09. The molecule has 15 heteroatoms. The van der Waals surface area contributed by atoms with Crippen molar-refractivity contribution in [1.29, 1.82) is 0 Å². The molecule has 10 rings (SSSR count). The molecule has 5 aliphatic heterocycles.